The summed E-state index contributed by atoms with van der Waals surface area (Å²) in [5.41, 5.74) is 1.38. The summed E-state index contributed by atoms with van der Waals surface area (Å²) in [6.45, 7) is 1.80. The number of halogens is 2. The van der Waals surface area contributed by atoms with Crippen LogP contribution in [0.2, 0.25) is 5.02 Å². The van der Waals surface area contributed by atoms with E-state index in [4.69, 9.17) is 16.3 Å². The summed E-state index contributed by atoms with van der Waals surface area (Å²) in [6.07, 6.45) is 3.70. The highest BCUT2D eigenvalue weighted by molar-refractivity contribution is 6.34. The van der Waals surface area contributed by atoms with E-state index in [2.05, 4.69) is 27.2 Å². The second-order valence-corrected chi connectivity index (χ2v) is 7.28. The fourth-order valence-electron chi connectivity index (χ4n) is 3.13. The van der Waals surface area contributed by atoms with Crippen molar-refractivity contribution >= 4 is 23.3 Å². The summed E-state index contributed by atoms with van der Waals surface area (Å²) in [5, 5.41) is 6.83. The number of nitrogens with one attached hydrogen (secondary N) is 1. The Bertz CT molecular complexity index is 1120. The molecule has 6 nitrogen and oxygen atoms in total. The molecule has 0 spiro atoms. The fourth-order valence-corrected chi connectivity index (χ4v) is 3.36. The minimum Gasteiger partial charge on any atom is -0.381 e. The number of rotatable bonds is 4. The monoisotopic (exact) mass is 424 g/mol. The summed E-state index contributed by atoms with van der Waals surface area (Å²) >= 11 is 6.15. The molecule has 152 valence electrons. The molecule has 0 bridgehead atoms. The van der Waals surface area contributed by atoms with Crippen LogP contribution in [-0.2, 0) is 11.3 Å². The van der Waals surface area contributed by atoms with E-state index in [0.717, 1.165) is 12.0 Å². The van der Waals surface area contributed by atoms with Gasteiger partial charge in [-0.15, -0.1) is 0 Å². The van der Waals surface area contributed by atoms with Gasteiger partial charge in [-0.05, 0) is 24.6 Å². The van der Waals surface area contributed by atoms with Crippen LogP contribution in [0.4, 0.5) is 10.2 Å². The third-order valence-corrected chi connectivity index (χ3v) is 4.94. The molecule has 8 heteroatoms. The Hall–Kier alpha value is -3.21. The van der Waals surface area contributed by atoms with E-state index >= 15 is 0 Å². The lowest BCUT2D eigenvalue weighted by Crippen LogP contribution is -2.22. The van der Waals surface area contributed by atoms with Gasteiger partial charge in [0.25, 0.3) is 5.91 Å². The average Bonchev–Trinajstić information content (AvgIpc) is 3.39. The van der Waals surface area contributed by atoms with Gasteiger partial charge in [-0.2, -0.15) is 5.10 Å². The van der Waals surface area contributed by atoms with Crippen molar-refractivity contribution in [2.75, 3.05) is 18.5 Å². The van der Waals surface area contributed by atoms with Crippen LogP contribution in [0, 0.1) is 23.6 Å². The summed E-state index contributed by atoms with van der Waals surface area (Å²) in [7, 11) is 0. The molecule has 1 aliphatic rings. The number of carbonyl (C=O) groups excluding carboxylic acids is 1. The summed E-state index contributed by atoms with van der Waals surface area (Å²) < 4.78 is 21.4. The van der Waals surface area contributed by atoms with Crippen LogP contribution in [-0.4, -0.2) is 33.9 Å². The van der Waals surface area contributed by atoms with E-state index < -0.39 is 11.7 Å². The van der Waals surface area contributed by atoms with Crippen LogP contribution < -0.4 is 5.32 Å². The number of hydrogen-bond acceptors (Lipinski definition) is 4. The number of pyridine rings is 1. The lowest BCUT2D eigenvalue weighted by molar-refractivity contribution is 0.101. The van der Waals surface area contributed by atoms with Gasteiger partial charge in [0.15, 0.2) is 11.6 Å². The van der Waals surface area contributed by atoms with E-state index in [-0.39, 0.29) is 22.5 Å². The fraction of sp³-hybridized carbons (Fsp3) is 0.227. The molecular weight excluding hydrogens is 407 g/mol. The van der Waals surface area contributed by atoms with Gasteiger partial charge in [0.2, 0.25) is 0 Å². The average molecular weight is 425 g/mol. The van der Waals surface area contributed by atoms with Crippen molar-refractivity contribution in [1.82, 2.24) is 14.8 Å². The van der Waals surface area contributed by atoms with Gasteiger partial charge in [-0.25, -0.2) is 9.37 Å². The molecule has 1 saturated heterocycles. The standard InChI is InChI=1S/C22H18ClFN4O2/c23-18-12-26-28(13-17-8-9-30-14-17)20(18)22(29)27-21-19(24)10-16(11-25-21)7-6-15-4-2-1-3-5-15/h1-5,10-12,17H,8-9,13-14H2,(H,25,27,29). The zero-order valence-corrected chi connectivity index (χ0v) is 16.7. The van der Waals surface area contributed by atoms with Gasteiger partial charge < -0.3 is 10.1 Å². The predicted octanol–water partition coefficient (Wildman–Crippen LogP) is 3.76. The molecule has 1 aromatic carbocycles. The molecule has 1 fully saturated rings. The number of anilines is 1. The summed E-state index contributed by atoms with van der Waals surface area (Å²) in [5.74, 6) is 4.59. The number of carbonyl (C=O) groups is 1. The van der Waals surface area contributed by atoms with Gasteiger partial charge in [-0.3, -0.25) is 9.48 Å². The first-order valence-corrected chi connectivity index (χ1v) is 9.81. The Morgan fingerprint density at radius 1 is 1.27 bits per heavy atom. The van der Waals surface area contributed by atoms with E-state index in [1.807, 2.05) is 30.3 Å². The van der Waals surface area contributed by atoms with Gasteiger partial charge in [0, 0.05) is 36.4 Å². The number of ether oxygens (including phenoxy) is 1. The number of benzene rings is 1. The van der Waals surface area contributed by atoms with Crippen LogP contribution in [0.1, 0.15) is 28.0 Å². The zero-order chi connectivity index (χ0) is 20.9. The molecule has 1 amide bonds. The molecule has 1 atom stereocenters. The molecule has 30 heavy (non-hydrogen) atoms. The zero-order valence-electron chi connectivity index (χ0n) is 15.9. The molecule has 0 radical (unpaired) electrons. The van der Waals surface area contributed by atoms with Crippen LogP contribution in [0.5, 0.6) is 0 Å². The SMILES string of the molecule is O=C(Nc1ncc(C#Cc2ccccc2)cc1F)c1c(Cl)cnn1CC1CCOC1. The van der Waals surface area contributed by atoms with Crippen molar-refractivity contribution in [3.63, 3.8) is 0 Å². The second kappa shape index (κ2) is 9.08. The van der Waals surface area contributed by atoms with E-state index in [9.17, 15) is 9.18 Å². The highest BCUT2D eigenvalue weighted by Crippen LogP contribution is 2.21. The van der Waals surface area contributed by atoms with Crippen molar-refractivity contribution in [2.24, 2.45) is 5.92 Å². The number of hydrogen-bond donors (Lipinski definition) is 1. The maximum atomic E-state index is 14.5. The van der Waals surface area contributed by atoms with Crippen LogP contribution in [0.25, 0.3) is 0 Å². The third kappa shape index (κ3) is 4.67. The van der Waals surface area contributed by atoms with Crippen LogP contribution in [0.15, 0.2) is 48.8 Å². The van der Waals surface area contributed by atoms with Crippen LogP contribution in [0.3, 0.4) is 0 Å². The van der Waals surface area contributed by atoms with Crippen molar-refractivity contribution in [3.05, 3.63) is 76.5 Å². The maximum Gasteiger partial charge on any atom is 0.276 e. The number of nitrogens with zero attached hydrogens (tertiary/aromatic N) is 3. The van der Waals surface area contributed by atoms with Crippen molar-refractivity contribution < 1.29 is 13.9 Å². The molecule has 1 aliphatic heterocycles. The van der Waals surface area contributed by atoms with Gasteiger partial charge in [0.1, 0.15) is 5.69 Å². The Labute approximate surface area is 178 Å². The van der Waals surface area contributed by atoms with E-state index in [0.29, 0.717) is 25.3 Å². The van der Waals surface area contributed by atoms with Crippen molar-refractivity contribution in [3.8, 4) is 11.8 Å². The first kappa shape index (κ1) is 20.1. The normalized spacial score (nSPS) is 15.5. The van der Waals surface area contributed by atoms with Crippen molar-refractivity contribution in [1.29, 1.82) is 0 Å². The molecule has 4 rings (SSSR count). The van der Waals surface area contributed by atoms with E-state index in [1.165, 1.54) is 23.1 Å². The van der Waals surface area contributed by atoms with Crippen LogP contribution >= 0.6 is 11.6 Å². The largest absolute Gasteiger partial charge is 0.381 e. The Morgan fingerprint density at radius 3 is 2.80 bits per heavy atom. The Kier molecular flexibility index (Phi) is 6.07. The minimum atomic E-state index is -0.686. The highest BCUT2D eigenvalue weighted by Gasteiger charge is 2.23. The number of amides is 1. The minimum absolute atomic E-state index is 0.165. The molecule has 0 aliphatic carbocycles. The molecule has 1 N–H and O–H groups in total. The van der Waals surface area contributed by atoms with E-state index in [1.54, 1.807) is 0 Å². The second-order valence-electron chi connectivity index (χ2n) is 6.88. The first-order valence-electron chi connectivity index (χ1n) is 9.43. The summed E-state index contributed by atoms with van der Waals surface area (Å²) in [4.78, 5) is 16.7. The smallest absolute Gasteiger partial charge is 0.276 e. The third-order valence-electron chi connectivity index (χ3n) is 4.66. The lowest BCUT2D eigenvalue weighted by Gasteiger charge is -2.12. The lowest BCUT2D eigenvalue weighted by atomic mass is 10.1. The van der Waals surface area contributed by atoms with Gasteiger partial charge >= 0.3 is 0 Å². The quantitative estimate of drug-likeness (QED) is 0.647. The number of aromatic nitrogens is 3. The van der Waals surface area contributed by atoms with Gasteiger partial charge in [0.05, 0.1) is 17.8 Å². The summed E-state index contributed by atoms with van der Waals surface area (Å²) in [6, 6.07) is 10.6. The molecule has 3 aromatic rings. The molecule has 3 heterocycles. The first-order chi connectivity index (χ1) is 14.6. The Morgan fingerprint density at radius 2 is 2.07 bits per heavy atom. The predicted molar refractivity (Wildman–Crippen MR) is 111 cm³/mol. The maximum absolute atomic E-state index is 14.5. The molecule has 0 saturated carbocycles. The highest BCUT2D eigenvalue weighted by atomic mass is 35.5. The van der Waals surface area contributed by atoms with Crippen molar-refractivity contribution in [2.45, 2.75) is 13.0 Å². The van der Waals surface area contributed by atoms with Gasteiger partial charge in [-0.1, -0.05) is 41.6 Å². The molecule has 1 unspecified atom stereocenters. The molecule has 2 aromatic heterocycles. The molecular formula is C22H18ClFN4O2. The topological polar surface area (TPSA) is 69.0 Å². The Balaban J connectivity index is 1.49.